The zero-order chi connectivity index (χ0) is 22.7. The number of hydrogen-bond acceptors (Lipinski definition) is 5. The van der Waals surface area contributed by atoms with Crippen molar-refractivity contribution in [3.8, 4) is 0 Å². The molecular formula is C23H29N3O5. The van der Waals surface area contributed by atoms with Gasteiger partial charge in [0.15, 0.2) is 5.78 Å². The highest BCUT2D eigenvalue weighted by atomic mass is 16.2. The molecule has 1 heterocycles. The van der Waals surface area contributed by atoms with E-state index in [1.165, 1.54) is 12.1 Å². The number of hydrogen-bond donors (Lipinski definition) is 1. The SMILES string of the molecule is CC(C)CC(=O)Nc1ccc(C(=O)CN2C(=O)C(=O)N([C@H]3CCCC[C@@H]3C)C2=O)cc1. The topological polar surface area (TPSA) is 104 Å². The van der Waals surface area contributed by atoms with Crippen LogP contribution in [0.4, 0.5) is 10.5 Å². The van der Waals surface area contributed by atoms with Gasteiger partial charge in [-0.2, -0.15) is 0 Å². The molecule has 2 fully saturated rings. The summed E-state index contributed by atoms with van der Waals surface area (Å²) in [7, 11) is 0. The van der Waals surface area contributed by atoms with Crippen LogP contribution in [-0.4, -0.2) is 51.9 Å². The molecule has 2 aliphatic rings. The molecule has 1 aliphatic carbocycles. The number of urea groups is 1. The van der Waals surface area contributed by atoms with E-state index >= 15 is 0 Å². The number of rotatable bonds is 7. The Hall–Kier alpha value is -3.03. The number of anilines is 1. The minimum Gasteiger partial charge on any atom is -0.326 e. The number of carbonyl (C=O) groups excluding carboxylic acids is 5. The number of carbonyl (C=O) groups is 5. The smallest absolute Gasteiger partial charge is 0.326 e. The molecule has 8 nitrogen and oxygen atoms in total. The summed E-state index contributed by atoms with van der Waals surface area (Å²) in [4.78, 5) is 64.0. The molecule has 5 amide bonds. The Bertz CT molecular complexity index is 893. The van der Waals surface area contributed by atoms with Gasteiger partial charge in [0.2, 0.25) is 5.91 Å². The molecule has 0 spiro atoms. The first-order valence-electron chi connectivity index (χ1n) is 10.8. The van der Waals surface area contributed by atoms with Gasteiger partial charge in [-0.1, -0.05) is 33.6 Å². The third kappa shape index (κ3) is 5.00. The maximum atomic E-state index is 12.8. The van der Waals surface area contributed by atoms with Crippen LogP contribution in [0.5, 0.6) is 0 Å². The second kappa shape index (κ2) is 9.41. The van der Waals surface area contributed by atoms with Crippen molar-refractivity contribution in [3.05, 3.63) is 29.8 Å². The van der Waals surface area contributed by atoms with Gasteiger partial charge in [-0.15, -0.1) is 0 Å². The summed E-state index contributed by atoms with van der Waals surface area (Å²) >= 11 is 0. The summed E-state index contributed by atoms with van der Waals surface area (Å²) in [5.74, 6) is -2.00. The summed E-state index contributed by atoms with van der Waals surface area (Å²) in [6.45, 7) is 5.39. The first-order chi connectivity index (χ1) is 14.7. The maximum Gasteiger partial charge on any atom is 0.334 e. The minimum atomic E-state index is -0.950. The Labute approximate surface area is 182 Å². The van der Waals surface area contributed by atoms with E-state index in [-0.39, 0.29) is 23.8 Å². The van der Waals surface area contributed by atoms with Gasteiger partial charge in [0.1, 0.15) is 0 Å². The molecule has 0 aromatic heterocycles. The highest BCUT2D eigenvalue weighted by Crippen LogP contribution is 2.31. The highest BCUT2D eigenvalue weighted by Gasteiger charge is 2.49. The van der Waals surface area contributed by atoms with Crippen LogP contribution in [0.15, 0.2) is 24.3 Å². The zero-order valence-electron chi connectivity index (χ0n) is 18.2. The van der Waals surface area contributed by atoms with E-state index in [1.807, 2.05) is 20.8 Å². The molecule has 1 aromatic rings. The van der Waals surface area contributed by atoms with Crippen LogP contribution in [0, 0.1) is 11.8 Å². The van der Waals surface area contributed by atoms with Crippen LogP contribution in [0.2, 0.25) is 0 Å². The van der Waals surface area contributed by atoms with Gasteiger partial charge in [0.05, 0.1) is 6.54 Å². The lowest BCUT2D eigenvalue weighted by Crippen LogP contribution is -2.46. The summed E-state index contributed by atoms with van der Waals surface area (Å²) in [5.41, 5.74) is 0.850. The Morgan fingerprint density at radius 1 is 1.03 bits per heavy atom. The van der Waals surface area contributed by atoms with Crippen molar-refractivity contribution >= 4 is 35.2 Å². The number of ketones is 1. The number of Topliss-reactive ketones (excluding diaryl/α,β-unsaturated/α-hetero) is 1. The highest BCUT2D eigenvalue weighted by molar-refractivity contribution is 6.45. The Morgan fingerprint density at radius 3 is 2.29 bits per heavy atom. The molecule has 1 N–H and O–H groups in total. The van der Waals surface area contributed by atoms with Gasteiger partial charge in [-0.25, -0.2) is 9.69 Å². The summed E-state index contributed by atoms with van der Waals surface area (Å²) < 4.78 is 0. The first-order valence-corrected chi connectivity index (χ1v) is 10.8. The molecule has 166 valence electrons. The molecule has 1 aromatic carbocycles. The molecule has 0 unspecified atom stereocenters. The maximum absolute atomic E-state index is 12.8. The summed E-state index contributed by atoms with van der Waals surface area (Å²) in [6.07, 6.45) is 3.91. The molecule has 1 saturated carbocycles. The second-order valence-electron chi connectivity index (χ2n) is 8.82. The lowest BCUT2D eigenvalue weighted by Gasteiger charge is -2.34. The predicted molar refractivity (Wildman–Crippen MR) is 114 cm³/mol. The van der Waals surface area contributed by atoms with Crippen molar-refractivity contribution in [3.63, 3.8) is 0 Å². The van der Waals surface area contributed by atoms with Gasteiger partial charge < -0.3 is 5.32 Å². The average Bonchev–Trinajstić information content (AvgIpc) is 2.91. The van der Waals surface area contributed by atoms with Gasteiger partial charge in [0.25, 0.3) is 0 Å². The summed E-state index contributed by atoms with van der Waals surface area (Å²) in [6, 6.07) is 5.24. The first kappa shape index (κ1) is 22.7. The Morgan fingerprint density at radius 2 is 1.68 bits per heavy atom. The lowest BCUT2D eigenvalue weighted by molar-refractivity contribution is -0.144. The molecule has 3 rings (SSSR count). The second-order valence-corrected chi connectivity index (χ2v) is 8.82. The van der Waals surface area contributed by atoms with Crippen LogP contribution in [0.1, 0.15) is 63.2 Å². The molecule has 1 aliphatic heterocycles. The largest absolute Gasteiger partial charge is 0.334 e. The van der Waals surface area contributed by atoms with E-state index in [4.69, 9.17) is 0 Å². The molecule has 0 bridgehead atoms. The van der Waals surface area contributed by atoms with Gasteiger partial charge >= 0.3 is 17.8 Å². The normalized spacial score (nSPS) is 21.7. The molecular weight excluding hydrogens is 398 g/mol. The number of imide groups is 2. The number of benzene rings is 1. The molecule has 2 atom stereocenters. The van der Waals surface area contributed by atoms with Gasteiger partial charge in [-0.3, -0.25) is 24.1 Å². The van der Waals surface area contributed by atoms with Crippen molar-refractivity contribution in [2.24, 2.45) is 11.8 Å². The number of amides is 5. The van der Waals surface area contributed by atoms with Crippen LogP contribution in [0.25, 0.3) is 0 Å². The third-order valence-electron chi connectivity index (χ3n) is 5.87. The van der Waals surface area contributed by atoms with E-state index < -0.39 is 30.2 Å². The predicted octanol–water partition coefficient (Wildman–Crippen LogP) is 3.22. The Kier molecular flexibility index (Phi) is 6.87. The van der Waals surface area contributed by atoms with Crippen molar-refractivity contribution in [2.75, 3.05) is 11.9 Å². The summed E-state index contributed by atoms with van der Waals surface area (Å²) in [5, 5.41) is 2.76. The number of nitrogens with one attached hydrogen (secondary N) is 1. The van der Waals surface area contributed by atoms with E-state index in [2.05, 4.69) is 5.32 Å². The quantitative estimate of drug-likeness (QED) is 0.409. The van der Waals surface area contributed by atoms with Crippen molar-refractivity contribution in [1.82, 2.24) is 9.80 Å². The van der Waals surface area contributed by atoms with Crippen LogP contribution in [-0.2, 0) is 14.4 Å². The fourth-order valence-electron chi connectivity index (χ4n) is 4.19. The van der Waals surface area contributed by atoms with E-state index in [1.54, 1.807) is 12.1 Å². The fourth-order valence-corrected chi connectivity index (χ4v) is 4.19. The van der Waals surface area contributed by atoms with Crippen LogP contribution < -0.4 is 5.32 Å². The van der Waals surface area contributed by atoms with E-state index in [0.29, 0.717) is 24.1 Å². The number of nitrogens with zero attached hydrogens (tertiary/aromatic N) is 2. The lowest BCUT2D eigenvalue weighted by atomic mass is 9.85. The zero-order valence-corrected chi connectivity index (χ0v) is 18.2. The third-order valence-corrected chi connectivity index (χ3v) is 5.87. The van der Waals surface area contributed by atoms with Gasteiger partial charge in [0, 0.05) is 23.7 Å². The monoisotopic (exact) mass is 427 g/mol. The molecule has 0 radical (unpaired) electrons. The Balaban J connectivity index is 1.65. The molecule has 1 saturated heterocycles. The van der Waals surface area contributed by atoms with E-state index in [0.717, 1.165) is 29.1 Å². The van der Waals surface area contributed by atoms with Crippen LogP contribution >= 0.6 is 0 Å². The van der Waals surface area contributed by atoms with Crippen molar-refractivity contribution in [2.45, 2.75) is 58.9 Å². The standard InChI is InChI=1S/C23H29N3O5/c1-14(2)12-20(28)24-17-10-8-16(9-11-17)19(27)13-25-21(29)22(30)26(23(25)31)18-7-5-4-6-15(18)3/h8-11,14-15,18H,4-7,12-13H2,1-3H3,(H,24,28)/t15-,18-/m0/s1. The fraction of sp³-hybridized carbons (Fsp3) is 0.522. The van der Waals surface area contributed by atoms with Crippen molar-refractivity contribution < 1.29 is 24.0 Å². The molecule has 31 heavy (non-hydrogen) atoms. The average molecular weight is 428 g/mol. The van der Waals surface area contributed by atoms with Crippen LogP contribution in [0.3, 0.4) is 0 Å². The van der Waals surface area contributed by atoms with Crippen molar-refractivity contribution in [1.29, 1.82) is 0 Å². The van der Waals surface area contributed by atoms with Gasteiger partial charge in [-0.05, 0) is 48.9 Å². The van der Waals surface area contributed by atoms with E-state index in [9.17, 15) is 24.0 Å². The minimum absolute atomic E-state index is 0.113. The molecule has 8 heteroatoms.